The molecular formula is C28H25FN6. The van der Waals surface area contributed by atoms with Crippen molar-refractivity contribution < 1.29 is 4.39 Å². The number of likely N-dealkylation sites (N-methyl/N-ethyl adjacent to an activating group) is 1. The largest absolute Gasteiger partial charge is 0.378 e. The lowest BCUT2D eigenvalue weighted by molar-refractivity contribution is 0.530. The molecule has 0 aliphatic carbocycles. The molecule has 3 heterocycles. The van der Waals surface area contributed by atoms with Crippen molar-refractivity contribution in [2.45, 2.75) is 6.92 Å². The Hall–Kier alpha value is -4.52. The predicted octanol–water partition coefficient (Wildman–Crippen LogP) is 6.34. The summed E-state index contributed by atoms with van der Waals surface area (Å²) in [6.45, 7) is 5.94. The Balaban J connectivity index is 1.61. The highest BCUT2D eigenvalue weighted by Gasteiger charge is 2.16. The van der Waals surface area contributed by atoms with Gasteiger partial charge in [-0.3, -0.25) is 5.10 Å². The molecule has 0 amide bonds. The predicted molar refractivity (Wildman–Crippen MR) is 140 cm³/mol. The van der Waals surface area contributed by atoms with E-state index >= 15 is 0 Å². The van der Waals surface area contributed by atoms with Crippen LogP contribution in [0.3, 0.4) is 0 Å². The molecule has 0 bridgehead atoms. The Labute approximate surface area is 202 Å². The normalized spacial score (nSPS) is 12.5. The van der Waals surface area contributed by atoms with Gasteiger partial charge in [-0.25, -0.2) is 14.4 Å². The Kier molecular flexibility index (Phi) is 5.74. The summed E-state index contributed by atoms with van der Waals surface area (Å²) in [6.07, 6.45) is 7.73. The second kappa shape index (κ2) is 9.02. The summed E-state index contributed by atoms with van der Waals surface area (Å²) in [5.74, 6) is 0.340. The second-order valence-electron chi connectivity index (χ2n) is 8.39. The van der Waals surface area contributed by atoms with Crippen LogP contribution in [0.4, 0.5) is 4.39 Å². The van der Waals surface area contributed by atoms with Crippen LogP contribution in [0, 0.1) is 5.82 Å². The van der Waals surface area contributed by atoms with Gasteiger partial charge in [0.15, 0.2) is 11.5 Å². The maximum Gasteiger partial charge on any atom is 0.178 e. The van der Waals surface area contributed by atoms with Crippen LogP contribution in [0.15, 0.2) is 85.2 Å². The standard InChI is InChI=1S/C28H25FN6/c1-5-17(15-21(6-2)35(3)4)19-9-12-24-23(16-19)26(34-33-24)28-31-25-22(13-14-30-27(25)32-28)18-7-10-20(29)11-8-18/h5-16H,2H2,1,3-4H3,(H,33,34)(H,30,31,32)/b17-5+,21-15+. The summed E-state index contributed by atoms with van der Waals surface area (Å²) in [7, 11) is 3.99. The number of nitrogens with zero attached hydrogens (tertiary/aromatic N) is 4. The molecule has 0 spiro atoms. The zero-order valence-electron chi connectivity index (χ0n) is 19.8. The Morgan fingerprint density at radius 1 is 1.09 bits per heavy atom. The van der Waals surface area contributed by atoms with Crippen molar-refractivity contribution in [2.75, 3.05) is 14.1 Å². The van der Waals surface area contributed by atoms with Crippen LogP contribution in [0.5, 0.6) is 0 Å². The van der Waals surface area contributed by atoms with Gasteiger partial charge in [0, 0.05) is 36.9 Å². The van der Waals surface area contributed by atoms with Crippen molar-refractivity contribution in [3.05, 3.63) is 96.6 Å². The lowest BCUT2D eigenvalue weighted by Gasteiger charge is -2.14. The summed E-state index contributed by atoms with van der Waals surface area (Å²) in [6, 6.07) is 14.5. The first-order valence-corrected chi connectivity index (χ1v) is 11.3. The molecule has 6 nitrogen and oxygen atoms in total. The summed E-state index contributed by atoms with van der Waals surface area (Å²) < 4.78 is 13.4. The van der Waals surface area contributed by atoms with E-state index in [1.54, 1.807) is 18.3 Å². The number of imidazole rings is 1. The molecule has 0 atom stereocenters. The van der Waals surface area contributed by atoms with E-state index in [0.29, 0.717) is 17.2 Å². The van der Waals surface area contributed by atoms with E-state index in [1.807, 2.05) is 44.1 Å². The first kappa shape index (κ1) is 22.3. The van der Waals surface area contributed by atoms with Gasteiger partial charge in [0.2, 0.25) is 0 Å². The minimum atomic E-state index is -0.274. The SMILES string of the molecule is C=C/C(=C\C(=C/C)c1ccc2[nH]nc(-c3nc4nccc(-c5ccc(F)cc5)c4[nH]3)c2c1)N(C)C. The third kappa shape index (κ3) is 4.12. The molecule has 5 aromatic rings. The summed E-state index contributed by atoms with van der Waals surface area (Å²) in [4.78, 5) is 14.6. The second-order valence-corrected chi connectivity index (χ2v) is 8.39. The van der Waals surface area contributed by atoms with Crippen LogP contribution in [0.2, 0.25) is 0 Å². The van der Waals surface area contributed by atoms with E-state index in [4.69, 9.17) is 4.98 Å². The number of pyridine rings is 1. The highest BCUT2D eigenvalue weighted by atomic mass is 19.1. The number of halogens is 1. The topological polar surface area (TPSA) is 73.5 Å². The molecule has 0 saturated heterocycles. The fourth-order valence-electron chi connectivity index (χ4n) is 4.13. The van der Waals surface area contributed by atoms with Crippen molar-refractivity contribution in [2.24, 2.45) is 0 Å². The van der Waals surface area contributed by atoms with Gasteiger partial charge in [0.1, 0.15) is 11.5 Å². The third-order valence-electron chi connectivity index (χ3n) is 6.01. The lowest BCUT2D eigenvalue weighted by Crippen LogP contribution is -2.09. The van der Waals surface area contributed by atoms with Crippen LogP contribution < -0.4 is 0 Å². The summed E-state index contributed by atoms with van der Waals surface area (Å²) >= 11 is 0. The fraction of sp³-hybridized carbons (Fsp3) is 0.107. The highest BCUT2D eigenvalue weighted by Crippen LogP contribution is 2.32. The van der Waals surface area contributed by atoms with E-state index in [2.05, 4.69) is 51.0 Å². The summed E-state index contributed by atoms with van der Waals surface area (Å²) in [5, 5.41) is 8.60. The fourth-order valence-corrected chi connectivity index (χ4v) is 4.13. The Morgan fingerprint density at radius 3 is 2.60 bits per heavy atom. The molecule has 0 saturated carbocycles. The van der Waals surface area contributed by atoms with Crippen LogP contribution >= 0.6 is 0 Å². The molecule has 0 fully saturated rings. The molecule has 35 heavy (non-hydrogen) atoms. The number of benzene rings is 2. The van der Waals surface area contributed by atoms with Crippen LogP contribution in [0.25, 0.3) is 50.3 Å². The van der Waals surface area contributed by atoms with Crippen LogP contribution in [0.1, 0.15) is 12.5 Å². The number of H-pyrrole nitrogens is 2. The maximum atomic E-state index is 13.4. The molecule has 0 aliphatic rings. The zero-order chi connectivity index (χ0) is 24.5. The number of hydrogen-bond acceptors (Lipinski definition) is 4. The zero-order valence-corrected chi connectivity index (χ0v) is 19.8. The van der Waals surface area contributed by atoms with Crippen molar-refractivity contribution in [3.8, 4) is 22.6 Å². The number of nitrogens with one attached hydrogen (secondary N) is 2. The monoisotopic (exact) mass is 464 g/mol. The molecule has 2 N–H and O–H groups in total. The minimum Gasteiger partial charge on any atom is -0.378 e. The van der Waals surface area contributed by atoms with Gasteiger partial charge < -0.3 is 9.88 Å². The summed E-state index contributed by atoms with van der Waals surface area (Å²) in [5.41, 5.74) is 7.91. The highest BCUT2D eigenvalue weighted by molar-refractivity contribution is 5.97. The average Bonchev–Trinajstić information content (AvgIpc) is 3.48. The molecule has 7 heteroatoms. The van der Waals surface area contributed by atoms with Gasteiger partial charge >= 0.3 is 0 Å². The van der Waals surface area contributed by atoms with E-state index in [9.17, 15) is 4.39 Å². The van der Waals surface area contributed by atoms with Gasteiger partial charge in [0.25, 0.3) is 0 Å². The van der Waals surface area contributed by atoms with Crippen LogP contribution in [-0.2, 0) is 0 Å². The van der Waals surface area contributed by atoms with Crippen molar-refractivity contribution in [1.29, 1.82) is 0 Å². The molecule has 3 aromatic heterocycles. The molecule has 5 rings (SSSR count). The lowest BCUT2D eigenvalue weighted by atomic mass is 10.0. The van der Waals surface area contributed by atoms with E-state index in [1.165, 1.54) is 12.1 Å². The Bertz CT molecular complexity index is 1600. The van der Waals surface area contributed by atoms with Crippen molar-refractivity contribution in [3.63, 3.8) is 0 Å². The maximum absolute atomic E-state index is 13.4. The average molecular weight is 465 g/mol. The number of fused-ring (bicyclic) bond motifs is 2. The van der Waals surface area contributed by atoms with E-state index < -0.39 is 0 Å². The molecule has 0 aliphatic heterocycles. The number of allylic oxidation sites excluding steroid dienone is 4. The van der Waals surface area contributed by atoms with Crippen molar-refractivity contribution >= 4 is 27.6 Å². The molecular weight excluding hydrogens is 439 g/mol. The van der Waals surface area contributed by atoms with Gasteiger partial charge in [-0.05, 0) is 66.1 Å². The van der Waals surface area contributed by atoms with E-state index in [-0.39, 0.29) is 5.82 Å². The van der Waals surface area contributed by atoms with Gasteiger partial charge in [-0.2, -0.15) is 5.10 Å². The minimum absolute atomic E-state index is 0.274. The number of hydrogen-bond donors (Lipinski definition) is 2. The number of rotatable bonds is 6. The van der Waals surface area contributed by atoms with Crippen molar-refractivity contribution in [1.82, 2.24) is 30.0 Å². The molecule has 2 aromatic carbocycles. The van der Waals surface area contributed by atoms with Crippen LogP contribution in [-0.4, -0.2) is 44.1 Å². The Morgan fingerprint density at radius 2 is 1.89 bits per heavy atom. The number of aromatic amines is 2. The number of aromatic nitrogens is 5. The first-order valence-electron chi connectivity index (χ1n) is 11.3. The molecule has 0 unspecified atom stereocenters. The van der Waals surface area contributed by atoms with Gasteiger partial charge in [-0.1, -0.05) is 30.9 Å². The smallest absolute Gasteiger partial charge is 0.178 e. The molecule has 174 valence electrons. The first-order chi connectivity index (χ1) is 17.0. The van der Waals surface area contributed by atoms with Gasteiger partial charge in [0.05, 0.1) is 11.0 Å². The quantitative estimate of drug-likeness (QED) is 0.288. The van der Waals surface area contributed by atoms with E-state index in [0.717, 1.165) is 44.4 Å². The third-order valence-corrected chi connectivity index (χ3v) is 6.01. The van der Waals surface area contributed by atoms with Gasteiger partial charge in [-0.15, -0.1) is 0 Å². The molecule has 0 radical (unpaired) electrons.